The first kappa shape index (κ1) is 26.9. The summed E-state index contributed by atoms with van der Waals surface area (Å²) in [6.07, 6.45) is 2.29. The molecule has 3 aromatic rings. The van der Waals surface area contributed by atoms with Gasteiger partial charge in [0, 0.05) is 34.5 Å². The van der Waals surface area contributed by atoms with Crippen LogP contribution in [0, 0.1) is 17.1 Å². The van der Waals surface area contributed by atoms with Gasteiger partial charge in [-0.15, -0.1) is 0 Å². The molecule has 0 bridgehead atoms. The quantitative estimate of drug-likeness (QED) is 0.371. The van der Waals surface area contributed by atoms with Crippen LogP contribution in [0.4, 0.5) is 9.18 Å². The molecule has 2 aromatic carbocycles. The molecule has 0 saturated carbocycles. The van der Waals surface area contributed by atoms with Gasteiger partial charge in [-0.2, -0.15) is 10.4 Å². The molecule has 0 radical (unpaired) electrons. The van der Waals surface area contributed by atoms with Gasteiger partial charge in [-0.3, -0.25) is 4.68 Å². The average molecular weight is 527 g/mol. The van der Waals surface area contributed by atoms with E-state index in [0.717, 1.165) is 22.0 Å². The number of nitrogens with zero attached hydrogens (tertiary/aromatic N) is 4. The number of hydrogen-bond acceptors (Lipinski definition) is 5. The Morgan fingerprint density at radius 3 is 2.54 bits per heavy atom. The van der Waals surface area contributed by atoms with Crippen LogP contribution < -0.4 is 0 Å². The molecule has 196 valence electrons. The van der Waals surface area contributed by atoms with Crippen LogP contribution >= 0.6 is 11.6 Å². The van der Waals surface area contributed by atoms with E-state index in [1.807, 2.05) is 39.8 Å². The number of aromatic nitrogens is 2. The third-order valence-electron chi connectivity index (χ3n) is 6.82. The minimum Gasteiger partial charge on any atom is -0.444 e. The summed E-state index contributed by atoms with van der Waals surface area (Å²) in [6.45, 7) is 8.98. The molecule has 1 aliphatic heterocycles. The van der Waals surface area contributed by atoms with Crippen molar-refractivity contribution in [2.75, 3.05) is 19.7 Å². The van der Waals surface area contributed by atoms with Crippen molar-refractivity contribution in [3.63, 3.8) is 0 Å². The molecule has 37 heavy (non-hydrogen) atoms. The number of ether oxygens (including phenoxy) is 2. The highest BCUT2D eigenvalue weighted by molar-refractivity contribution is 6.31. The largest absolute Gasteiger partial charge is 0.444 e. The molecule has 0 N–H and O–H groups in total. The van der Waals surface area contributed by atoms with E-state index >= 15 is 0 Å². The van der Waals surface area contributed by atoms with Gasteiger partial charge in [-0.05, 0) is 70.4 Å². The summed E-state index contributed by atoms with van der Waals surface area (Å²) in [7, 11) is 0. The normalized spacial score (nSPS) is 16.4. The van der Waals surface area contributed by atoms with E-state index in [2.05, 4.69) is 11.2 Å². The summed E-state index contributed by atoms with van der Waals surface area (Å²) in [5, 5.41) is 15.0. The molecule has 1 amide bonds. The Balaban J connectivity index is 1.58. The zero-order valence-electron chi connectivity index (χ0n) is 21.6. The third-order valence-corrected chi connectivity index (χ3v) is 7.04. The zero-order valence-corrected chi connectivity index (χ0v) is 22.4. The number of amides is 1. The van der Waals surface area contributed by atoms with E-state index in [1.165, 1.54) is 12.1 Å². The number of rotatable bonds is 6. The lowest BCUT2D eigenvalue weighted by atomic mass is 9.73. The molecule has 1 atom stereocenters. The second kappa shape index (κ2) is 10.7. The maximum Gasteiger partial charge on any atom is 0.410 e. The number of benzene rings is 2. The molecule has 1 aliphatic rings. The first-order valence-corrected chi connectivity index (χ1v) is 12.8. The molecule has 9 heteroatoms. The first-order valence-electron chi connectivity index (χ1n) is 12.4. The zero-order chi connectivity index (χ0) is 26.8. The molecule has 0 aliphatic carbocycles. The Labute approximate surface area is 221 Å². The smallest absolute Gasteiger partial charge is 0.410 e. The summed E-state index contributed by atoms with van der Waals surface area (Å²) in [4.78, 5) is 14.4. The minimum absolute atomic E-state index is 0.116. The number of nitriles is 1. The summed E-state index contributed by atoms with van der Waals surface area (Å²) in [5.41, 5.74) is 1.65. The molecule has 1 unspecified atom stereocenters. The maximum absolute atomic E-state index is 13.8. The molecular formula is C28H32ClFN4O3. The summed E-state index contributed by atoms with van der Waals surface area (Å²) in [6, 6.07) is 12.3. The number of halogens is 2. The number of fused-ring (bicyclic) bond motifs is 1. The lowest BCUT2D eigenvalue weighted by Crippen LogP contribution is -2.48. The summed E-state index contributed by atoms with van der Waals surface area (Å²) in [5.74, 6) is -0.300. The summed E-state index contributed by atoms with van der Waals surface area (Å²) >= 11 is 6.39. The van der Waals surface area contributed by atoms with Gasteiger partial charge in [0.25, 0.3) is 0 Å². The van der Waals surface area contributed by atoms with Crippen LogP contribution in [0.15, 0.2) is 42.6 Å². The predicted octanol–water partition coefficient (Wildman–Crippen LogP) is 6.40. The molecule has 1 fully saturated rings. The average Bonchev–Trinajstić information content (AvgIpc) is 3.24. The van der Waals surface area contributed by atoms with E-state index < -0.39 is 11.0 Å². The number of carbonyl (C=O) groups excluding carboxylic acids is 1. The van der Waals surface area contributed by atoms with Crippen LogP contribution in [0.5, 0.6) is 0 Å². The van der Waals surface area contributed by atoms with Crippen molar-refractivity contribution < 1.29 is 18.7 Å². The molecule has 7 nitrogen and oxygen atoms in total. The number of hydrogen-bond donors (Lipinski definition) is 0. The van der Waals surface area contributed by atoms with Crippen molar-refractivity contribution in [3.8, 4) is 6.07 Å². The second-order valence-corrected chi connectivity index (χ2v) is 11.0. The molecule has 1 saturated heterocycles. The first-order chi connectivity index (χ1) is 17.5. The van der Waals surface area contributed by atoms with Gasteiger partial charge >= 0.3 is 6.09 Å². The fourth-order valence-electron chi connectivity index (χ4n) is 4.86. The van der Waals surface area contributed by atoms with Gasteiger partial charge in [0.15, 0.2) is 0 Å². The molecule has 0 spiro atoms. The van der Waals surface area contributed by atoms with Gasteiger partial charge in [-0.1, -0.05) is 23.7 Å². The van der Waals surface area contributed by atoms with Crippen molar-refractivity contribution in [1.29, 1.82) is 5.26 Å². The van der Waals surface area contributed by atoms with E-state index in [-0.39, 0.29) is 24.6 Å². The second-order valence-electron chi connectivity index (χ2n) is 10.6. The predicted molar refractivity (Wildman–Crippen MR) is 140 cm³/mol. The van der Waals surface area contributed by atoms with Crippen LogP contribution in [0.25, 0.3) is 10.9 Å². The van der Waals surface area contributed by atoms with Gasteiger partial charge in [0.05, 0.1) is 30.5 Å². The Morgan fingerprint density at radius 1 is 1.24 bits per heavy atom. The Kier molecular flexibility index (Phi) is 7.77. The maximum atomic E-state index is 13.8. The van der Waals surface area contributed by atoms with Gasteiger partial charge in [0.2, 0.25) is 0 Å². The highest BCUT2D eigenvalue weighted by Crippen LogP contribution is 2.39. The topological polar surface area (TPSA) is 80.4 Å². The van der Waals surface area contributed by atoms with Crippen LogP contribution in [0.1, 0.15) is 57.8 Å². The van der Waals surface area contributed by atoms with Crippen LogP contribution in [0.2, 0.25) is 5.02 Å². The van der Waals surface area contributed by atoms with Crippen molar-refractivity contribution in [3.05, 3.63) is 64.6 Å². The summed E-state index contributed by atoms with van der Waals surface area (Å²) < 4.78 is 27.4. The Bertz CT molecular complexity index is 1300. The van der Waals surface area contributed by atoms with Crippen molar-refractivity contribution in [1.82, 2.24) is 14.7 Å². The van der Waals surface area contributed by atoms with Crippen molar-refractivity contribution >= 4 is 28.6 Å². The van der Waals surface area contributed by atoms with Gasteiger partial charge in [-0.25, -0.2) is 9.18 Å². The SMILES string of the molecule is CC(OCC1(c2ccc(F)cc2)CCN(C(=O)OC(C)(C)C)CC1)c1cc(Cl)cc2cnn(CC#N)c12. The monoisotopic (exact) mass is 526 g/mol. The molecule has 1 aromatic heterocycles. The lowest BCUT2D eigenvalue weighted by molar-refractivity contribution is -0.00936. The van der Waals surface area contributed by atoms with Gasteiger partial charge < -0.3 is 14.4 Å². The Hall–Kier alpha value is -3.15. The van der Waals surface area contributed by atoms with E-state index in [4.69, 9.17) is 21.1 Å². The van der Waals surface area contributed by atoms with Crippen LogP contribution in [-0.2, 0) is 21.4 Å². The molecular weight excluding hydrogens is 495 g/mol. The highest BCUT2D eigenvalue weighted by Gasteiger charge is 2.39. The lowest BCUT2D eigenvalue weighted by Gasteiger charge is -2.42. The van der Waals surface area contributed by atoms with E-state index in [9.17, 15) is 14.4 Å². The number of piperidine rings is 1. The van der Waals surface area contributed by atoms with E-state index in [0.29, 0.717) is 37.6 Å². The van der Waals surface area contributed by atoms with E-state index in [1.54, 1.807) is 27.9 Å². The fourth-order valence-corrected chi connectivity index (χ4v) is 5.10. The molecule has 4 rings (SSSR count). The van der Waals surface area contributed by atoms with Crippen LogP contribution in [-0.4, -0.2) is 46.1 Å². The fraction of sp³-hybridized carbons (Fsp3) is 0.464. The number of carbonyl (C=O) groups is 1. The van der Waals surface area contributed by atoms with Crippen LogP contribution in [0.3, 0.4) is 0 Å². The van der Waals surface area contributed by atoms with Gasteiger partial charge in [0.1, 0.15) is 18.0 Å². The third kappa shape index (κ3) is 6.06. The number of likely N-dealkylation sites (tertiary alicyclic amines) is 1. The highest BCUT2D eigenvalue weighted by atomic mass is 35.5. The van der Waals surface area contributed by atoms with Crippen molar-refractivity contribution in [2.45, 2.75) is 64.2 Å². The standard InChI is InChI=1S/C28H32ClFN4O3/c1-19(24-16-22(29)15-20-17-32-34(14-11-31)25(20)24)36-18-28(21-5-7-23(30)8-6-21)9-12-33(13-10-28)26(35)37-27(2,3)4/h5-8,15-17,19H,9-10,12-14,18H2,1-4H3. The minimum atomic E-state index is -0.568. The Morgan fingerprint density at radius 2 is 1.92 bits per heavy atom. The molecule has 2 heterocycles. The van der Waals surface area contributed by atoms with Crippen molar-refractivity contribution in [2.24, 2.45) is 0 Å².